The van der Waals surface area contributed by atoms with E-state index in [1.54, 1.807) is 17.5 Å². The Hall–Kier alpha value is -1.75. The average Bonchev–Trinajstić information content (AvgIpc) is 2.87. The van der Waals surface area contributed by atoms with Crippen LogP contribution in [-0.4, -0.2) is 22.4 Å². The van der Waals surface area contributed by atoms with Crippen LogP contribution in [0.2, 0.25) is 0 Å². The molecule has 0 bridgehead atoms. The Morgan fingerprint density at radius 1 is 1.43 bits per heavy atom. The summed E-state index contributed by atoms with van der Waals surface area (Å²) >= 11 is 1.68. The molecule has 112 valence electrons. The van der Waals surface area contributed by atoms with Crippen molar-refractivity contribution in [1.29, 1.82) is 0 Å². The molecule has 0 unspecified atom stereocenters. The zero-order valence-corrected chi connectivity index (χ0v) is 13.4. The maximum Gasteiger partial charge on any atom is 0.220 e. The van der Waals surface area contributed by atoms with Crippen molar-refractivity contribution < 1.29 is 4.79 Å². The Morgan fingerprint density at radius 3 is 3.00 bits per heavy atom. The summed E-state index contributed by atoms with van der Waals surface area (Å²) in [5.74, 6) is 0.145. The lowest BCUT2D eigenvalue weighted by atomic mass is 10.2. The third-order valence-electron chi connectivity index (χ3n) is 3.23. The number of nitrogens with one attached hydrogen (secondary N) is 1. The molecule has 2 aromatic rings. The highest BCUT2D eigenvalue weighted by Gasteiger charge is 2.09. The van der Waals surface area contributed by atoms with Crippen molar-refractivity contribution >= 4 is 17.2 Å². The third kappa shape index (κ3) is 4.63. The van der Waals surface area contributed by atoms with E-state index < -0.39 is 0 Å². The van der Waals surface area contributed by atoms with Gasteiger partial charge in [0.25, 0.3) is 0 Å². The van der Waals surface area contributed by atoms with Crippen LogP contribution >= 0.6 is 11.3 Å². The first-order valence-electron chi connectivity index (χ1n) is 7.34. The average molecular weight is 303 g/mol. The van der Waals surface area contributed by atoms with E-state index in [0.29, 0.717) is 13.0 Å². The smallest absolute Gasteiger partial charge is 0.220 e. The Morgan fingerprint density at radius 2 is 2.29 bits per heavy atom. The fourth-order valence-corrected chi connectivity index (χ4v) is 3.07. The van der Waals surface area contributed by atoms with Gasteiger partial charge in [0.15, 0.2) is 0 Å². The standard InChI is InChI=1S/C16H21N3OS/c1-3-4-7-15(20)18-10-8-14-12(2)19-16(21-14)13-6-5-9-17-11-13/h5-6,9,11H,3-4,7-8,10H2,1-2H3,(H,18,20). The monoisotopic (exact) mass is 303 g/mol. The number of thiazole rings is 1. The van der Waals surface area contributed by atoms with Gasteiger partial charge in [-0.05, 0) is 25.5 Å². The zero-order chi connectivity index (χ0) is 15.1. The molecular formula is C16H21N3OS. The molecule has 0 aliphatic carbocycles. The molecule has 1 N–H and O–H groups in total. The molecule has 21 heavy (non-hydrogen) atoms. The fourth-order valence-electron chi connectivity index (χ4n) is 2.01. The number of pyridine rings is 1. The van der Waals surface area contributed by atoms with E-state index in [2.05, 4.69) is 22.2 Å². The first-order valence-corrected chi connectivity index (χ1v) is 8.15. The highest BCUT2D eigenvalue weighted by molar-refractivity contribution is 7.15. The van der Waals surface area contributed by atoms with Gasteiger partial charge in [-0.25, -0.2) is 4.98 Å². The van der Waals surface area contributed by atoms with Gasteiger partial charge in [0, 0.05) is 42.2 Å². The van der Waals surface area contributed by atoms with Gasteiger partial charge in [-0.1, -0.05) is 13.3 Å². The summed E-state index contributed by atoms with van der Waals surface area (Å²) in [5, 5.41) is 3.96. The van der Waals surface area contributed by atoms with E-state index in [9.17, 15) is 4.79 Å². The van der Waals surface area contributed by atoms with E-state index in [1.807, 2.05) is 25.3 Å². The zero-order valence-electron chi connectivity index (χ0n) is 12.6. The van der Waals surface area contributed by atoms with Gasteiger partial charge in [-0.3, -0.25) is 9.78 Å². The van der Waals surface area contributed by atoms with E-state index in [-0.39, 0.29) is 5.91 Å². The van der Waals surface area contributed by atoms with Crippen LogP contribution in [0.15, 0.2) is 24.5 Å². The van der Waals surface area contributed by atoms with Crippen molar-refractivity contribution in [3.05, 3.63) is 35.1 Å². The van der Waals surface area contributed by atoms with Crippen LogP contribution in [0.5, 0.6) is 0 Å². The molecule has 0 fully saturated rings. The molecule has 2 heterocycles. The molecule has 1 amide bonds. The number of amides is 1. The molecule has 0 atom stereocenters. The summed E-state index contributed by atoms with van der Waals surface area (Å²) in [7, 11) is 0. The second kappa shape index (κ2) is 7.88. The van der Waals surface area contributed by atoms with Crippen molar-refractivity contribution in [1.82, 2.24) is 15.3 Å². The molecule has 0 aromatic carbocycles. The third-order valence-corrected chi connectivity index (χ3v) is 4.50. The number of nitrogens with zero attached hydrogens (tertiary/aromatic N) is 2. The van der Waals surface area contributed by atoms with Gasteiger partial charge in [-0.2, -0.15) is 0 Å². The summed E-state index contributed by atoms with van der Waals surface area (Å²) in [6, 6.07) is 3.93. The fraction of sp³-hybridized carbons (Fsp3) is 0.438. The second-order valence-electron chi connectivity index (χ2n) is 4.97. The van der Waals surface area contributed by atoms with Crippen molar-refractivity contribution in [3.8, 4) is 10.6 Å². The van der Waals surface area contributed by atoms with Gasteiger partial charge in [0.2, 0.25) is 5.91 Å². The largest absolute Gasteiger partial charge is 0.356 e. The number of hydrogen-bond donors (Lipinski definition) is 1. The number of aryl methyl sites for hydroxylation is 1. The van der Waals surface area contributed by atoms with Gasteiger partial charge < -0.3 is 5.32 Å². The van der Waals surface area contributed by atoms with Crippen LogP contribution < -0.4 is 5.32 Å². The lowest BCUT2D eigenvalue weighted by Gasteiger charge is -2.03. The molecule has 0 saturated carbocycles. The molecule has 0 aliphatic heterocycles. The van der Waals surface area contributed by atoms with Crippen LogP contribution in [0.1, 0.15) is 36.8 Å². The summed E-state index contributed by atoms with van der Waals surface area (Å²) in [5.41, 5.74) is 2.09. The van der Waals surface area contributed by atoms with Crippen LogP contribution in [0.3, 0.4) is 0 Å². The number of aromatic nitrogens is 2. The van der Waals surface area contributed by atoms with E-state index in [1.165, 1.54) is 4.88 Å². The van der Waals surface area contributed by atoms with Gasteiger partial charge in [-0.15, -0.1) is 11.3 Å². The molecule has 5 heteroatoms. The number of hydrogen-bond acceptors (Lipinski definition) is 4. The quantitative estimate of drug-likeness (QED) is 0.853. The molecule has 0 radical (unpaired) electrons. The van der Waals surface area contributed by atoms with Crippen LogP contribution in [0, 0.1) is 6.92 Å². The van der Waals surface area contributed by atoms with E-state index >= 15 is 0 Å². The first kappa shape index (κ1) is 15.6. The molecule has 0 spiro atoms. The Balaban J connectivity index is 1.90. The molecule has 2 rings (SSSR count). The lowest BCUT2D eigenvalue weighted by Crippen LogP contribution is -2.25. The second-order valence-corrected chi connectivity index (χ2v) is 6.06. The highest BCUT2D eigenvalue weighted by Crippen LogP contribution is 2.27. The van der Waals surface area contributed by atoms with Crippen molar-refractivity contribution in [3.63, 3.8) is 0 Å². The van der Waals surface area contributed by atoms with Crippen LogP contribution in [-0.2, 0) is 11.2 Å². The van der Waals surface area contributed by atoms with Gasteiger partial charge in [0.1, 0.15) is 5.01 Å². The Kier molecular flexibility index (Phi) is 5.87. The Labute approximate surface area is 129 Å². The predicted octanol–water partition coefficient (Wildman–Crippen LogP) is 3.36. The number of carbonyl (C=O) groups is 1. The molecule has 2 aromatic heterocycles. The maximum absolute atomic E-state index is 11.6. The molecule has 4 nitrogen and oxygen atoms in total. The minimum Gasteiger partial charge on any atom is -0.356 e. The normalized spacial score (nSPS) is 10.6. The minimum absolute atomic E-state index is 0.145. The van der Waals surface area contributed by atoms with Gasteiger partial charge >= 0.3 is 0 Å². The van der Waals surface area contributed by atoms with Crippen LogP contribution in [0.4, 0.5) is 0 Å². The molecule has 0 aliphatic rings. The SMILES string of the molecule is CCCCC(=O)NCCc1sc(-c2cccnc2)nc1C. The Bertz CT molecular complexity index is 580. The minimum atomic E-state index is 0.145. The summed E-state index contributed by atoms with van der Waals surface area (Å²) < 4.78 is 0. The molecular weight excluding hydrogens is 282 g/mol. The predicted molar refractivity (Wildman–Crippen MR) is 86.3 cm³/mol. The first-order chi connectivity index (χ1) is 10.2. The van der Waals surface area contributed by atoms with E-state index in [4.69, 9.17) is 0 Å². The van der Waals surface area contributed by atoms with E-state index in [0.717, 1.165) is 35.5 Å². The number of carbonyl (C=O) groups excluding carboxylic acids is 1. The van der Waals surface area contributed by atoms with Crippen molar-refractivity contribution in [2.45, 2.75) is 39.5 Å². The summed E-state index contributed by atoms with van der Waals surface area (Å²) in [6.45, 7) is 4.79. The van der Waals surface area contributed by atoms with Crippen molar-refractivity contribution in [2.75, 3.05) is 6.54 Å². The van der Waals surface area contributed by atoms with Crippen molar-refractivity contribution in [2.24, 2.45) is 0 Å². The molecule has 0 saturated heterocycles. The lowest BCUT2D eigenvalue weighted by molar-refractivity contribution is -0.121. The van der Waals surface area contributed by atoms with Gasteiger partial charge in [0.05, 0.1) is 5.69 Å². The van der Waals surface area contributed by atoms with Crippen LogP contribution in [0.25, 0.3) is 10.6 Å². The maximum atomic E-state index is 11.6. The topological polar surface area (TPSA) is 54.9 Å². The highest BCUT2D eigenvalue weighted by atomic mass is 32.1. The number of unbranched alkanes of at least 4 members (excludes halogenated alkanes) is 1. The summed E-state index contributed by atoms with van der Waals surface area (Å²) in [6.07, 6.45) is 7.05. The number of rotatable bonds is 7. The summed E-state index contributed by atoms with van der Waals surface area (Å²) in [4.78, 5) is 21.5.